The van der Waals surface area contributed by atoms with E-state index in [1.807, 2.05) is 0 Å². The maximum atomic E-state index is 13.1. The molecular formula is C13H11F2NO. The number of halogens is 2. The predicted molar refractivity (Wildman–Crippen MR) is 61.5 cm³/mol. The summed E-state index contributed by atoms with van der Waals surface area (Å²) < 4.78 is 31.1. The summed E-state index contributed by atoms with van der Waals surface area (Å²) in [5, 5.41) is 0. The standard InChI is InChI=1S/C13H11F2NO/c14-10-2-4-11(5-3-10)17-8-9-1-6-13(16)12(15)7-9/h1-7H,8,16H2. The largest absolute Gasteiger partial charge is 0.489 e. The number of anilines is 1. The molecule has 0 atom stereocenters. The molecule has 0 spiro atoms. The van der Waals surface area contributed by atoms with Gasteiger partial charge in [0.05, 0.1) is 5.69 Å². The van der Waals surface area contributed by atoms with Gasteiger partial charge in [0.1, 0.15) is 24.0 Å². The van der Waals surface area contributed by atoms with Crippen LogP contribution in [0.15, 0.2) is 42.5 Å². The van der Waals surface area contributed by atoms with Gasteiger partial charge in [-0.05, 0) is 42.0 Å². The lowest BCUT2D eigenvalue weighted by Crippen LogP contribution is -1.98. The van der Waals surface area contributed by atoms with E-state index >= 15 is 0 Å². The third-order valence-corrected chi connectivity index (χ3v) is 2.28. The van der Waals surface area contributed by atoms with Crippen LogP contribution in [0.4, 0.5) is 14.5 Å². The number of nitrogens with two attached hydrogens (primary N) is 1. The summed E-state index contributed by atoms with van der Waals surface area (Å²) in [6, 6.07) is 10.1. The van der Waals surface area contributed by atoms with Crippen molar-refractivity contribution in [2.75, 3.05) is 5.73 Å². The van der Waals surface area contributed by atoms with E-state index in [-0.39, 0.29) is 18.1 Å². The van der Waals surface area contributed by atoms with E-state index in [4.69, 9.17) is 10.5 Å². The molecule has 0 aliphatic heterocycles. The van der Waals surface area contributed by atoms with Crippen molar-refractivity contribution in [3.8, 4) is 5.75 Å². The quantitative estimate of drug-likeness (QED) is 0.829. The Balaban J connectivity index is 2.02. The van der Waals surface area contributed by atoms with Gasteiger partial charge in [-0.25, -0.2) is 8.78 Å². The summed E-state index contributed by atoms with van der Waals surface area (Å²) in [6.07, 6.45) is 0. The van der Waals surface area contributed by atoms with Gasteiger partial charge in [0.25, 0.3) is 0 Å². The van der Waals surface area contributed by atoms with Crippen molar-refractivity contribution in [1.29, 1.82) is 0 Å². The van der Waals surface area contributed by atoms with E-state index < -0.39 is 5.82 Å². The molecule has 0 aliphatic carbocycles. The van der Waals surface area contributed by atoms with Gasteiger partial charge in [-0.3, -0.25) is 0 Å². The number of nitrogen functional groups attached to an aromatic ring is 1. The van der Waals surface area contributed by atoms with E-state index in [1.165, 1.54) is 36.4 Å². The Kier molecular flexibility index (Phi) is 3.23. The lowest BCUT2D eigenvalue weighted by Gasteiger charge is -2.06. The van der Waals surface area contributed by atoms with Gasteiger partial charge in [-0.15, -0.1) is 0 Å². The molecule has 0 aliphatic rings. The van der Waals surface area contributed by atoms with Crippen LogP contribution in [0.2, 0.25) is 0 Å². The van der Waals surface area contributed by atoms with Crippen molar-refractivity contribution in [3.63, 3.8) is 0 Å². The Morgan fingerprint density at radius 1 is 1.00 bits per heavy atom. The Hall–Kier alpha value is -2.10. The van der Waals surface area contributed by atoms with Gasteiger partial charge < -0.3 is 10.5 Å². The number of hydrogen-bond donors (Lipinski definition) is 1. The first kappa shape index (κ1) is 11.4. The average Bonchev–Trinajstić information content (AvgIpc) is 2.33. The van der Waals surface area contributed by atoms with Crippen LogP contribution in [0.3, 0.4) is 0 Å². The molecule has 0 unspecified atom stereocenters. The number of ether oxygens (including phenoxy) is 1. The predicted octanol–water partition coefficient (Wildman–Crippen LogP) is 3.13. The van der Waals surface area contributed by atoms with Crippen LogP contribution in [-0.4, -0.2) is 0 Å². The number of rotatable bonds is 3. The maximum absolute atomic E-state index is 13.1. The van der Waals surface area contributed by atoms with Gasteiger partial charge in [0.2, 0.25) is 0 Å². The Bertz CT molecular complexity index is 511. The zero-order valence-electron chi connectivity index (χ0n) is 8.99. The number of hydrogen-bond acceptors (Lipinski definition) is 2. The summed E-state index contributed by atoms with van der Waals surface area (Å²) >= 11 is 0. The lowest BCUT2D eigenvalue weighted by molar-refractivity contribution is 0.305. The molecule has 0 fully saturated rings. The molecule has 0 amide bonds. The van der Waals surface area contributed by atoms with E-state index in [0.717, 1.165) is 0 Å². The first-order chi connectivity index (χ1) is 8.15. The van der Waals surface area contributed by atoms with Gasteiger partial charge in [0.15, 0.2) is 0 Å². The maximum Gasteiger partial charge on any atom is 0.146 e. The minimum absolute atomic E-state index is 0.107. The van der Waals surface area contributed by atoms with E-state index in [1.54, 1.807) is 6.07 Å². The summed E-state index contributed by atoms with van der Waals surface area (Å²) in [5.74, 6) is -0.260. The minimum atomic E-state index is -0.467. The smallest absolute Gasteiger partial charge is 0.146 e. The van der Waals surface area contributed by atoms with E-state index in [2.05, 4.69) is 0 Å². The Morgan fingerprint density at radius 2 is 1.71 bits per heavy atom. The second-order valence-corrected chi connectivity index (χ2v) is 3.60. The van der Waals surface area contributed by atoms with Crippen molar-refractivity contribution in [1.82, 2.24) is 0 Å². The van der Waals surface area contributed by atoms with Gasteiger partial charge in [0, 0.05) is 0 Å². The molecule has 2 nitrogen and oxygen atoms in total. The molecule has 4 heteroatoms. The van der Waals surface area contributed by atoms with Crippen LogP contribution < -0.4 is 10.5 Å². The summed E-state index contributed by atoms with van der Waals surface area (Å²) in [6.45, 7) is 0.211. The Labute approximate surface area is 97.6 Å². The van der Waals surface area contributed by atoms with Crippen molar-refractivity contribution in [3.05, 3.63) is 59.7 Å². The molecule has 88 valence electrons. The zero-order chi connectivity index (χ0) is 12.3. The average molecular weight is 235 g/mol. The first-order valence-electron chi connectivity index (χ1n) is 5.07. The number of benzene rings is 2. The second-order valence-electron chi connectivity index (χ2n) is 3.60. The lowest BCUT2D eigenvalue weighted by atomic mass is 10.2. The molecule has 0 bridgehead atoms. The van der Waals surface area contributed by atoms with Crippen molar-refractivity contribution >= 4 is 5.69 Å². The van der Waals surface area contributed by atoms with Crippen LogP contribution in [0.25, 0.3) is 0 Å². The molecule has 0 radical (unpaired) electrons. The highest BCUT2D eigenvalue weighted by Crippen LogP contribution is 2.16. The normalized spacial score (nSPS) is 10.2. The Morgan fingerprint density at radius 3 is 2.35 bits per heavy atom. The van der Waals surface area contributed by atoms with Gasteiger partial charge >= 0.3 is 0 Å². The van der Waals surface area contributed by atoms with Crippen molar-refractivity contribution in [2.24, 2.45) is 0 Å². The topological polar surface area (TPSA) is 35.2 Å². The first-order valence-corrected chi connectivity index (χ1v) is 5.07. The third kappa shape index (κ3) is 2.93. The fourth-order valence-electron chi connectivity index (χ4n) is 1.36. The minimum Gasteiger partial charge on any atom is -0.489 e. The molecule has 2 aromatic rings. The second kappa shape index (κ2) is 4.82. The summed E-state index contributed by atoms with van der Waals surface area (Å²) in [7, 11) is 0. The summed E-state index contributed by atoms with van der Waals surface area (Å²) in [5.41, 5.74) is 6.13. The highest BCUT2D eigenvalue weighted by Gasteiger charge is 2.01. The fraction of sp³-hybridized carbons (Fsp3) is 0.0769. The van der Waals surface area contributed by atoms with Crippen molar-refractivity contribution in [2.45, 2.75) is 6.61 Å². The third-order valence-electron chi connectivity index (χ3n) is 2.28. The molecule has 0 saturated carbocycles. The molecule has 0 heterocycles. The molecule has 2 N–H and O–H groups in total. The van der Waals surface area contributed by atoms with Crippen LogP contribution >= 0.6 is 0 Å². The van der Waals surface area contributed by atoms with E-state index in [0.29, 0.717) is 11.3 Å². The molecule has 0 aromatic heterocycles. The van der Waals surface area contributed by atoms with Crippen LogP contribution in [0, 0.1) is 11.6 Å². The fourth-order valence-corrected chi connectivity index (χ4v) is 1.36. The molecule has 2 aromatic carbocycles. The van der Waals surface area contributed by atoms with Crippen molar-refractivity contribution < 1.29 is 13.5 Å². The van der Waals surface area contributed by atoms with Crippen LogP contribution in [-0.2, 0) is 6.61 Å². The SMILES string of the molecule is Nc1ccc(COc2ccc(F)cc2)cc1F. The highest BCUT2D eigenvalue weighted by atomic mass is 19.1. The van der Waals surface area contributed by atoms with E-state index in [9.17, 15) is 8.78 Å². The van der Waals surface area contributed by atoms with Gasteiger partial charge in [-0.1, -0.05) is 6.07 Å². The molecular weight excluding hydrogens is 224 g/mol. The summed E-state index contributed by atoms with van der Waals surface area (Å²) in [4.78, 5) is 0. The highest BCUT2D eigenvalue weighted by molar-refractivity contribution is 5.41. The molecule has 17 heavy (non-hydrogen) atoms. The molecule has 2 rings (SSSR count). The van der Waals surface area contributed by atoms with Gasteiger partial charge in [-0.2, -0.15) is 0 Å². The monoisotopic (exact) mass is 235 g/mol. The zero-order valence-corrected chi connectivity index (χ0v) is 8.99. The van der Waals surface area contributed by atoms with Crippen LogP contribution in [0.5, 0.6) is 5.75 Å². The molecule has 0 saturated heterocycles. The van der Waals surface area contributed by atoms with Crippen LogP contribution in [0.1, 0.15) is 5.56 Å².